The molecule has 13 heteroatoms. The summed E-state index contributed by atoms with van der Waals surface area (Å²) in [5.74, 6) is -2.58. The highest BCUT2D eigenvalue weighted by atomic mass is 32.1. The molecule has 0 bridgehead atoms. The number of rotatable bonds is 7. The van der Waals surface area contributed by atoms with Crippen LogP contribution in [-0.2, 0) is 9.53 Å². The molecule has 0 aliphatic carbocycles. The summed E-state index contributed by atoms with van der Waals surface area (Å²) >= 11 is 6.29. The van der Waals surface area contributed by atoms with Crippen LogP contribution < -0.4 is 10.6 Å². The van der Waals surface area contributed by atoms with Crippen LogP contribution in [0.4, 0.5) is 10.7 Å². The Morgan fingerprint density at radius 2 is 1.76 bits per heavy atom. The van der Waals surface area contributed by atoms with Gasteiger partial charge in [0.05, 0.1) is 22.7 Å². The molecule has 4 rings (SSSR count). The van der Waals surface area contributed by atoms with E-state index in [1.807, 2.05) is 0 Å². The van der Waals surface area contributed by atoms with E-state index in [0.29, 0.717) is 11.1 Å². The lowest BCUT2D eigenvalue weighted by Gasteiger charge is -2.15. The number of nitro benzene ring substituents is 1. The van der Waals surface area contributed by atoms with E-state index in [-0.39, 0.29) is 39.1 Å². The summed E-state index contributed by atoms with van der Waals surface area (Å²) in [6.07, 6.45) is 0. The lowest BCUT2D eigenvalue weighted by molar-refractivity contribution is -0.384. The smallest absolute Gasteiger partial charge is 0.341 e. The van der Waals surface area contributed by atoms with Crippen molar-refractivity contribution in [1.82, 2.24) is 10.2 Å². The van der Waals surface area contributed by atoms with Crippen molar-refractivity contribution in [1.29, 1.82) is 0 Å². The van der Waals surface area contributed by atoms with E-state index in [4.69, 9.17) is 17.0 Å². The van der Waals surface area contributed by atoms with Crippen molar-refractivity contribution in [3.63, 3.8) is 0 Å². The zero-order chi connectivity index (χ0) is 26.7. The van der Waals surface area contributed by atoms with E-state index < -0.39 is 35.2 Å². The number of benzene rings is 2. The average molecular weight is 539 g/mol. The van der Waals surface area contributed by atoms with Crippen LogP contribution in [0.5, 0.6) is 0 Å². The zero-order valence-electron chi connectivity index (χ0n) is 19.2. The van der Waals surface area contributed by atoms with Gasteiger partial charge in [0, 0.05) is 23.1 Å². The Labute approximate surface area is 219 Å². The number of thiocarbonyl (C=S) groups is 1. The van der Waals surface area contributed by atoms with Gasteiger partial charge in [-0.3, -0.25) is 29.4 Å². The Kier molecular flexibility index (Phi) is 7.36. The SMILES string of the molecule is CCOC(=O)c1c(-c2cccc([N+](=O)[O-])c2)csc1NC(=S)NC(=O)CN1C(=O)c2ccccc2C1=O. The number of nitrogens with zero attached hydrogens (tertiary/aromatic N) is 2. The Balaban J connectivity index is 1.50. The monoisotopic (exact) mass is 538 g/mol. The van der Waals surface area contributed by atoms with E-state index in [0.717, 1.165) is 16.2 Å². The lowest BCUT2D eigenvalue weighted by atomic mass is 10.0. The number of non-ortho nitro benzene ring substituents is 1. The number of carbonyl (C=O) groups is 4. The number of ether oxygens (including phenoxy) is 1. The second kappa shape index (κ2) is 10.6. The molecule has 2 aromatic carbocycles. The van der Waals surface area contributed by atoms with Gasteiger partial charge in [0.2, 0.25) is 5.91 Å². The number of thiophene rings is 1. The van der Waals surface area contributed by atoms with Crippen molar-refractivity contribution >= 4 is 63.0 Å². The standard InChI is InChI=1S/C24H18N4O7S2/c1-2-35-23(32)19-17(13-6-5-7-14(10-13)28(33)34)12-37-20(19)26-24(36)25-18(29)11-27-21(30)15-8-3-4-9-16(15)22(27)31/h3-10,12H,2,11H2,1H3,(H2,25,26,29,36). The van der Waals surface area contributed by atoms with Gasteiger partial charge in [-0.1, -0.05) is 24.3 Å². The number of nitrogens with one attached hydrogen (secondary N) is 2. The van der Waals surface area contributed by atoms with Crippen molar-refractivity contribution in [3.05, 3.63) is 80.7 Å². The van der Waals surface area contributed by atoms with Gasteiger partial charge in [0.1, 0.15) is 17.1 Å². The molecular formula is C24H18N4O7S2. The number of carbonyl (C=O) groups excluding carboxylic acids is 4. The third-order valence-corrected chi connectivity index (χ3v) is 6.40. The fraction of sp³-hybridized carbons (Fsp3) is 0.125. The molecule has 0 fully saturated rings. The second-order valence-electron chi connectivity index (χ2n) is 7.63. The number of hydrogen-bond acceptors (Lipinski definition) is 9. The van der Waals surface area contributed by atoms with Gasteiger partial charge in [-0.2, -0.15) is 0 Å². The molecule has 0 unspecified atom stereocenters. The molecular weight excluding hydrogens is 520 g/mol. The molecule has 0 atom stereocenters. The van der Waals surface area contributed by atoms with E-state index in [1.54, 1.807) is 30.5 Å². The largest absolute Gasteiger partial charge is 0.462 e. The Bertz CT molecular complexity index is 1430. The van der Waals surface area contributed by atoms with E-state index in [1.165, 1.54) is 30.3 Å². The van der Waals surface area contributed by atoms with Crippen LogP contribution in [0.1, 0.15) is 38.0 Å². The molecule has 1 aliphatic heterocycles. The molecule has 0 radical (unpaired) electrons. The summed E-state index contributed by atoms with van der Waals surface area (Å²) in [4.78, 5) is 61.7. The summed E-state index contributed by atoms with van der Waals surface area (Å²) in [5.41, 5.74) is 1.17. The van der Waals surface area contributed by atoms with Crippen LogP contribution in [0.2, 0.25) is 0 Å². The van der Waals surface area contributed by atoms with E-state index in [2.05, 4.69) is 10.6 Å². The van der Waals surface area contributed by atoms with Crippen molar-refractivity contribution in [2.75, 3.05) is 18.5 Å². The minimum atomic E-state index is -0.722. The van der Waals surface area contributed by atoms with Crippen molar-refractivity contribution in [2.24, 2.45) is 0 Å². The molecule has 0 spiro atoms. The highest BCUT2D eigenvalue weighted by Gasteiger charge is 2.36. The maximum absolute atomic E-state index is 12.8. The van der Waals surface area contributed by atoms with Crippen LogP contribution in [0.3, 0.4) is 0 Å². The van der Waals surface area contributed by atoms with Gasteiger partial charge in [0.25, 0.3) is 17.5 Å². The lowest BCUT2D eigenvalue weighted by Crippen LogP contribution is -2.43. The minimum absolute atomic E-state index is 0.0873. The second-order valence-corrected chi connectivity index (χ2v) is 8.91. The molecule has 188 valence electrons. The third kappa shape index (κ3) is 5.22. The van der Waals surface area contributed by atoms with Gasteiger partial charge >= 0.3 is 5.97 Å². The van der Waals surface area contributed by atoms with Gasteiger partial charge in [-0.15, -0.1) is 11.3 Å². The molecule has 37 heavy (non-hydrogen) atoms. The number of fused-ring (bicyclic) bond motifs is 1. The first-order valence-corrected chi connectivity index (χ1v) is 12.1. The van der Waals surface area contributed by atoms with E-state index >= 15 is 0 Å². The number of nitro groups is 1. The molecule has 2 heterocycles. The van der Waals surface area contributed by atoms with Crippen LogP contribution in [-0.4, -0.2) is 51.8 Å². The normalized spacial score (nSPS) is 12.2. The maximum Gasteiger partial charge on any atom is 0.341 e. The highest BCUT2D eigenvalue weighted by Crippen LogP contribution is 2.37. The topological polar surface area (TPSA) is 148 Å². The Morgan fingerprint density at radius 1 is 1.08 bits per heavy atom. The summed E-state index contributed by atoms with van der Waals surface area (Å²) in [7, 11) is 0. The van der Waals surface area contributed by atoms with Crippen molar-refractivity contribution < 1.29 is 28.8 Å². The van der Waals surface area contributed by atoms with Gasteiger partial charge < -0.3 is 15.4 Å². The first-order chi connectivity index (χ1) is 17.7. The molecule has 0 saturated heterocycles. The third-order valence-electron chi connectivity index (χ3n) is 5.30. The highest BCUT2D eigenvalue weighted by molar-refractivity contribution is 7.80. The summed E-state index contributed by atoms with van der Waals surface area (Å²) < 4.78 is 5.15. The molecule has 0 saturated carbocycles. The summed E-state index contributed by atoms with van der Waals surface area (Å²) in [5, 5.41) is 18.0. The molecule has 3 aromatic rings. The quantitative estimate of drug-likeness (QED) is 0.151. The average Bonchev–Trinajstić information content (AvgIpc) is 3.39. The number of anilines is 1. The van der Waals surface area contributed by atoms with Crippen LogP contribution in [0.15, 0.2) is 53.9 Å². The number of imide groups is 1. The summed E-state index contributed by atoms with van der Waals surface area (Å²) in [6.45, 7) is 1.17. The van der Waals surface area contributed by atoms with Crippen molar-refractivity contribution in [2.45, 2.75) is 6.92 Å². The minimum Gasteiger partial charge on any atom is -0.462 e. The van der Waals surface area contributed by atoms with Gasteiger partial charge in [0.15, 0.2) is 5.11 Å². The molecule has 11 nitrogen and oxygen atoms in total. The van der Waals surface area contributed by atoms with Crippen LogP contribution >= 0.6 is 23.6 Å². The number of hydrogen-bond donors (Lipinski definition) is 2. The first kappa shape index (κ1) is 25.6. The fourth-order valence-corrected chi connectivity index (χ4v) is 4.92. The zero-order valence-corrected chi connectivity index (χ0v) is 20.8. The number of amides is 3. The van der Waals surface area contributed by atoms with Crippen LogP contribution in [0.25, 0.3) is 11.1 Å². The summed E-state index contributed by atoms with van der Waals surface area (Å²) in [6, 6.07) is 12.0. The fourth-order valence-electron chi connectivity index (χ4n) is 3.68. The molecule has 1 aromatic heterocycles. The van der Waals surface area contributed by atoms with Gasteiger partial charge in [-0.05, 0) is 36.8 Å². The van der Waals surface area contributed by atoms with E-state index in [9.17, 15) is 29.3 Å². The van der Waals surface area contributed by atoms with Crippen LogP contribution in [0, 0.1) is 10.1 Å². The van der Waals surface area contributed by atoms with Gasteiger partial charge in [-0.25, -0.2) is 4.79 Å². The predicted molar refractivity (Wildman–Crippen MR) is 139 cm³/mol. The first-order valence-electron chi connectivity index (χ1n) is 10.8. The number of esters is 1. The predicted octanol–water partition coefficient (Wildman–Crippen LogP) is 3.61. The Hall–Kier alpha value is -4.49. The maximum atomic E-state index is 12.8. The molecule has 2 N–H and O–H groups in total. The molecule has 1 aliphatic rings. The Morgan fingerprint density at radius 3 is 2.38 bits per heavy atom. The molecule has 3 amide bonds. The van der Waals surface area contributed by atoms with Crippen molar-refractivity contribution in [3.8, 4) is 11.1 Å².